The molecule has 0 aliphatic carbocycles. The summed E-state index contributed by atoms with van der Waals surface area (Å²) >= 11 is 3.38. The van der Waals surface area contributed by atoms with E-state index in [1.54, 1.807) is 30.2 Å². The molecule has 1 aromatic carbocycles. The van der Waals surface area contributed by atoms with Crippen LogP contribution in [-0.2, 0) is 0 Å². The van der Waals surface area contributed by atoms with Crippen LogP contribution < -0.4 is 10.5 Å². The Kier molecular flexibility index (Phi) is 6.48. The van der Waals surface area contributed by atoms with Gasteiger partial charge in [-0.15, -0.1) is 0 Å². The number of oxime groups is 1. The van der Waals surface area contributed by atoms with Crippen LogP contribution in [0.2, 0.25) is 0 Å². The zero-order valence-corrected chi connectivity index (χ0v) is 13.9. The summed E-state index contributed by atoms with van der Waals surface area (Å²) in [5, 5.41) is 11.5. The molecule has 1 amide bonds. The molecule has 0 aliphatic heterocycles. The van der Waals surface area contributed by atoms with Gasteiger partial charge in [-0.1, -0.05) is 5.16 Å². The van der Waals surface area contributed by atoms with Crippen LogP contribution in [0.4, 0.5) is 0 Å². The summed E-state index contributed by atoms with van der Waals surface area (Å²) in [6.45, 7) is 4.20. The van der Waals surface area contributed by atoms with Crippen molar-refractivity contribution in [1.82, 2.24) is 4.90 Å². The monoisotopic (exact) mass is 357 g/mol. The molecular weight excluding hydrogens is 338 g/mol. The van der Waals surface area contributed by atoms with Crippen molar-refractivity contribution in [1.29, 1.82) is 0 Å². The van der Waals surface area contributed by atoms with Gasteiger partial charge in [0.2, 0.25) is 0 Å². The van der Waals surface area contributed by atoms with E-state index in [1.165, 1.54) is 0 Å². The van der Waals surface area contributed by atoms with Crippen molar-refractivity contribution >= 4 is 27.7 Å². The van der Waals surface area contributed by atoms with Crippen molar-refractivity contribution in [2.75, 3.05) is 13.7 Å². The van der Waals surface area contributed by atoms with Gasteiger partial charge in [-0.05, 0) is 48.0 Å². The number of nitrogens with zero attached hydrogens (tertiary/aromatic N) is 2. The number of hydrogen-bond acceptors (Lipinski definition) is 4. The molecule has 0 aliphatic rings. The summed E-state index contributed by atoms with van der Waals surface area (Å²) in [4.78, 5) is 14.3. The number of benzene rings is 1. The van der Waals surface area contributed by atoms with Crippen LogP contribution in [0, 0.1) is 0 Å². The fourth-order valence-electron chi connectivity index (χ4n) is 1.83. The van der Waals surface area contributed by atoms with E-state index in [0.29, 0.717) is 28.8 Å². The lowest BCUT2D eigenvalue weighted by Gasteiger charge is -2.27. The van der Waals surface area contributed by atoms with Crippen molar-refractivity contribution < 1.29 is 14.7 Å². The normalized spacial score (nSPS) is 11.6. The lowest BCUT2D eigenvalue weighted by molar-refractivity contribution is 0.0709. The molecule has 0 heterocycles. The number of rotatable bonds is 6. The lowest BCUT2D eigenvalue weighted by Crippen LogP contribution is -2.39. The number of nitrogens with two attached hydrogens (primary N) is 1. The zero-order chi connectivity index (χ0) is 16.0. The number of methoxy groups -OCH3 is 1. The van der Waals surface area contributed by atoms with Crippen LogP contribution in [0.1, 0.15) is 30.6 Å². The fraction of sp³-hybridized carbons (Fsp3) is 0.429. The van der Waals surface area contributed by atoms with E-state index < -0.39 is 0 Å². The van der Waals surface area contributed by atoms with Gasteiger partial charge in [0.1, 0.15) is 11.6 Å². The average molecular weight is 358 g/mol. The van der Waals surface area contributed by atoms with Gasteiger partial charge in [0, 0.05) is 23.5 Å². The molecule has 21 heavy (non-hydrogen) atoms. The second-order valence-electron chi connectivity index (χ2n) is 4.78. The van der Waals surface area contributed by atoms with Crippen molar-refractivity contribution in [3.63, 3.8) is 0 Å². The number of carbonyl (C=O) groups is 1. The van der Waals surface area contributed by atoms with Gasteiger partial charge >= 0.3 is 0 Å². The van der Waals surface area contributed by atoms with Gasteiger partial charge < -0.3 is 20.6 Å². The maximum absolute atomic E-state index is 12.7. The highest BCUT2D eigenvalue weighted by atomic mass is 79.9. The number of amides is 1. The number of halogens is 1. The van der Waals surface area contributed by atoms with Crippen molar-refractivity contribution in [2.45, 2.75) is 26.3 Å². The Labute approximate surface area is 132 Å². The second-order valence-corrected chi connectivity index (χ2v) is 5.63. The minimum Gasteiger partial charge on any atom is -0.497 e. The molecular formula is C14H20BrN3O3. The first-order valence-electron chi connectivity index (χ1n) is 6.51. The van der Waals surface area contributed by atoms with E-state index in [0.717, 1.165) is 0 Å². The molecule has 3 N–H and O–H groups in total. The molecule has 0 saturated carbocycles. The van der Waals surface area contributed by atoms with Gasteiger partial charge in [0.15, 0.2) is 0 Å². The molecule has 0 aromatic heterocycles. The Balaban J connectivity index is 3.00. The molecule has 0 radical (unpaired) electrons. The number of hydrogen-bond donors (Lipinski definition) is 2. The molecule has 6 nitrogen and oxygen atoms in total. The van der Waals surface area contributed by atoms with E-state index in [-0.39, 0.29) is 17.8 Å². The third-order valence-electron chi connectivity index (χ3n) is 3.03. The van der Waals surface area contributed by atoms with Gasteiger partial charge in [0.25, 0.3) is 5.91 Å². The fourth-order valence-corrected chi connectivity index (χ4v) is 2.25. The Morgan fingerprint density at radius 1 is 1.52 bits per heavy atom. The van der Waals surface area contributed by atoms with E-state index in [9.17, 15) is 4.79 Å². The predicted molar refractivity (Wildman–Crippen MR) is 84.9 cm³/mol. The first-order valence-corrected chi connectivity index (χ1v) is 7.31. The van der Waals surface area contributed by atoms with E-state index in [2.05, 4.69) is 21.1 Å². The summed E-state index contributed by atoms with van der Waals surface area (Å²) < 4.78 is 5.85. The van der Waals surface area contributed by atoms with Crippen molar-refractivity contribution in [2.24, 2.45) is 10.9 Å². The number of carbonyl (C=O) groups excluding carboxylic acids is 1. The maximum atomic E-state index is 12.7. The standard InChI is InChI=1S/C14H20BrN3O3/c1-9(2)18(7-6-13(16)17-20)14(19)11-8-10(21-3)4-5-12(11)15/h4-5,8-9,20H,6-7H2,1-3H3,(H2,16,17). The van der Waals surface area contributed by atoms with E-state index in [4.69, 9.17) is 15.7 Å². The predicted octanol–water partition coefficient (Wildman–Crippen LogP) is 2.44. The molecule has 116 valence electrons. The van der Waals surface area contributed by atoms with Crippen LogP contribution in [0.5, 0.6) is 5.75 Å². The van der Waals surface area contributed by atoms with Gasteiger partial charge in [0.05, 0.1) is 12.7 Å². The number of ether oxygens (including phenoxy) is 1. The average Bonchev–Trinajstić information content (AvgIpc) is 2.47. The third kappa shape index (κ3) is 4.63. The first-order chi connectivity index (χ1) is 9.90. The van der Waals surface area contributed by atoms with Crippen molar-refractivity contribution in [3.8, 4) is 5.75 Å². The number of amidine groups is 1. The lowest BCUT2D eigenvalue weighted by atomic mass is 10.1. The Bertz CT molecular complexity index is 532. The van der Waals surface area contributed by atoms with Gasteiger partial charge in [-0.2, -0.15) is 0 Å². The molecule has 0 bridgehead atoms. The minimum atomic E-state index is -0.137. The van der Waals surface area contributed by atoms with Crippen LogP contribution >= 0.6 is 15.9 Å². The zero-order valence-electron chi connectivity index (χ0n) is 12.3. The summed E-state index contributed by atoms with van der Waals surface area (Å²) in [7, 11) is 1.55. The summed E-state index contributed by atoms with van der Waals surface area (Å²) in [5.41, 5.74) is 5.98. The van der Waals surface area contributed by atoms with Crippen molar-refractivity contribution in [3.05, 3.63) is 28.2 Å². The maximum Gasteiger partial charge on any atom is 0.255 e. The quantitative estimate of drug-likeness (QED) is 0.354. The SMILES string of the molecule is COc1ccc(Br)c(C(=O)N(CCC(N)=NO)C(C)C)c1. The molecule has 0 unspecified atom stereocenters. The molecule has 0 saturated heterocycles. The Morgan fingerprint density at radius 3 is 2.71 bits per heavy atom. The highest BCUT2D eigenvalue weighted by Gasteiger charge is 2.21. The highest BCUT2D eigenvalue weighted by Crippen LogP contribution is 2.24. The van der Waals surface area contributed by atoms with Gasteiger partial charge in [-0.25, -0.2) is 0 Å². The van der Waals surface area contributed by atoms with Crippen LogP contribution in [-0.4, -0.2) is 41.5 Å². The summed E-state index contributed by atoms with van der Waals surface area (Å²) in [6.07, 6.45) is 0.308. The second kappa shape index (κ2) is 7.87. The largest absolute Gasteiger partial charge is 0.497 e. The van der Waals surface area contributed by atoms with E-state index in [1.807, 2.05) is 13.8 Å². The molecule has 1 aromatic rings. The van der Waals surface area contributed by atoms with Crippen LogP contribution in [0.25, 0.3) is 0 Å². The third-order valence-corrected chi connectivity index (χ3v) is 3.72. The molecule has 0 fully saturated rings. The van der Waals surface area contributed by atoms with E-state index >= 15 is 0 Å². The molecule has 1 rings (SSSR count). The molecule has 0 atom stereocenters. The van der Waals surface area contributed by atoms with Crippen LogP contribution in [0.3, 0.4) is 0 Å². The molecule has 0 spiro atoms. The Morgan fingerprint density at radius 2 is 2.19 bits per heavy atom. The minimum absolute atomic E-state index is 0.0120. The Hall–Kier alpha value is -1.76. The highest BCUT2D eigenvalue weighted by molar-refractivity contribution is 9.10. The molecule has 7 heteroatoms. The van der Waals surface area contributed by atoms with Crippen LogP contribution in [0.15, 0.2) is 27.8 Å². The topological polar surface area (TPSA) is 88.2 Å². The van der Waals surface area contributed by atoms with Gasteiger partial charge in [-0.3, -0.25) is 4.79 Å². The summed E-state index contributed by atoms with van der Waals surface area (Å²) in [6, 6.07) is 5.22. The summed E-state index contributed by atoms with van der Waals surface area (Å²) in [5.74, 6) is 0.571. The smallest absolute Gasteiger partial charge is 0.255 e. The first kappa shape index (κ1) is 17.3.